The first kappa shape index (κ1) is 18.1. The molecule has 1 aliphatic heterocycles. The van der Waals surface area contributed by atoms with Crippen molar-refractivity contribution in [2.24, 2.45) is 5.41 Å². The lowest BCUT2D eigenvalue weighted by atomic mass is 9.81. The van der Waals surface area contributed by atoms with Crippen LogP contribution >= 0.6 is 0 Å². The number of carbonyl (C=O) groups excluding carboxylic acids is 1. The number of rotatable bonds is 3. The van der Waals surface area contributed by atoms with E-state index in [4.69, 9.17) is 9.47 Å². The Kier molecular flexibility index (Phi) is 4.52. The highest BCUT2D eigenvalue weighted by Crippen LogP contribution is 2.39. The highest BCUT2D eigenvalue weighted by atomic mass is 16.5. The van der Waals surface area contributed by atoms with E-state index in [1.54, 1.807) is 48.0 Å². The molecule has 2 rings (SSSR count). The summed E-state index contributed by atoms with van der Waals surface area (Å²) in [5.41, 5.74) is -0.221. The van der Waals surface area contributed by atoms with Gasteiger partial charge in [0.1, 0.15) is 5.54 Å². The third kappa shape index (κ3) is 2.92. The number of carbonyl (C=O) groups is 2. The molecule has 0 aliphatic carbocycles. The summed E-state index contributed by atoms with van der Waals surface area (Å²) in [7, 11) is 3.09. The number of carboxylic acid groups (broad SMARTS) is 1. The summed E-state index contributed by atoms with van der Waals surface area (Å²) in [6.45, 7) is 7.21. The molecule has 0 radical (unpaired) electrons. The Morgan fingerprint density at radius 1 is 1.12 bits per heavy atom. The molecule has 1 aromatic rings. The molecule has 0 fully saturated rings. The van der Waals surface area contributed by atoms with Gasteiger partial charge in [0.25, 0.3) is 0 Å². The number of aliphatic carboxylic acids is 1. The van der Waals surface area contributed by atoms with Crippen LogP contribution in [0.4, 0.5) is 0 Å². The van der Waals surface area contributed by atoms with E-state index in [9.17, 15) is 14.7 Å². The molecule has 24 heavy (non-hydrogen) atoms. The van der Waals surface area contributed by atoms with Crippen molar-refractivity contribution in [2.75, 3.05) is 14.2 Å². The van der Waals surface area contributed by atoms with Gasteiger partial charge in [0.05, 0.1) is 14.2 Å². The molecular weight excluding hydrogens is 310 g/mol. The van der Waals surface area contributed by atoms with Gasteiger partial charge in [-0.25, -0.2) is 4.79 Å². The van der Waals surface area contributed by atoms with E-state index in [0.717, 1.165) is 11.1 Å². The molecule has 1 atom stereocenters. The highest BCUT2D eigenvalue weighted by molar-refractivity contribution is 5.90. The van der Waals surface area contributed by atoms with Gasteiger partial charge in [0, 0.05) is 18.4 Å². The molecular formula is C18H25NO5. The molecule has 0 aromatic heterocycles. The summed E-state index contributed by atoms with van der Waals surface area (Å²) >= 11 is 0. The van der Waals surface area contributed by atoms with Crippen molar-refractivity contribution in [3.05, 3.63) is 23.3 Å². The number of nitrogens with zero attached hydrogens (tertiary/aromatic N) is 1. The molecule has 6 nitrogen and oxygen atoms in total. The number of methoxy groups -OCH3 is 2. The number of carboxylic acids is 1. The average Bonchev–Trinajstić information content (AvgIpc) is 2.51. The van der Waals surface area contributed by atoms with Crippen LogP contribution in [0.15, 0.2) is 12.1 Å². The summed E-state index contributed by atoms with van der Waals surface area (Å²) in [6.07, 6.45) is 0.222. The van der Waals surface area contributed by atoms with Gasteiger partial charge in [-0.05, 0) is 30.2 Å². The fourth-order valence-corrected chi connectivity index (χ4v) is 2.98. The summed E-state index contributed by atoms with van der Waals surface area (Å²) in [5.74, 6) is -0.0775. The fourth-order valence-electron chi connectivity index (χ4n) is 2.98. The zero-order valence-electron chi connectivity index (χ0n) is 15.1. The topological polar surface area (TPSA) is 76.1 Å². The molecule has 132 valence electrons. The summed E-state index contributed by atoms with van der Waals surface area (Å²) in [5, 5.41) is 9.79. The third-order valence-electron chi connectivity index (χ3n) is 4.51. The lowest BCUT2D eigenvalue weighted by Crippen LogP contribution is -2.60. The smallest absolute Gasteiger partial charge is 0.329 e. The van der Waals surface area contributed by atoms with Crippen molar-refractivity contribution in [1.82, 2.24) is 4.90 Å². The molecule has 1 heterocycles. The predicted molar refractivity (Wildman–Crippen MR) is 89.3 cm³/mol. The first-order valence-corrected chi connectivity index (χ1v) is 7.84. The lowest BCUT2D eigenvalue weighted by molar-refractivity contribution is -0.163. The Hall–Kier alpha value is -2.24. The van der Waals surface area contributed by atoms with Crippen LogP contribution in [0.2, 0.25) is 0 Å². The predicted octanol–water partition coefficient (Wildman–Crippen LogP) is 2.48. The summed E-state index contributed by atoms with van der Waals surface area (Å²) < 4.78 is 10.6. The van der Waals surface area contributed by atoms with Gasteiger partial charge in [-0.3, -0.25) is 4.79 Å². The first-order chi connectivity index (χ1) is 11.0. The fraction of sp³-hybridized carbons (Fsp3) is 0.556. The van der Waals surface area contributed by atoms with Crippen LogP contribution in [-0.4, -0.2) is 41.6 Å². The van der Waals surface area contributed by atoms with E-state index in [2.05, 4.69) is 0 Å². The maximum Gasteiger partial charge on any atom is 0.329 e. The standard InChI is InChI=1S/C18H25NO5/c1-17(2,3)15(20)19-10-12-8-14(24-6)13(23-5)7-11(12)9-18(19,4)16(21)22/h7-8H,9-10H2,1-6H3,(H,21,22)/t18-/m0/s1. The van der Waals surface area contributed by atoms with Crippen molar-refractivity contribution >= 4 is 11.9 Å². The second-order valence-corrected chi connectivity index (χ2v) is 7.37. The van der Waals surface area contributed by atoms with E-state index in [1.807, 2.05) is 6.07 Å². The van der Waals surface area contributed by atoms with Crippen molar-refractivity contribution in [1.29, 1.82) is 0 Å². The van der Waals surface area contributed by atoms with Crippen LogP contribution in [0.25, 0.3) is 0 Å². The molecule has 0 saturated heterocycles. The second kappa shape index (κ2) is 6.00. The minimum atomic E-state index is -1.29. The Morgan fingerprint density at radius 2 is 1.62 bits per heavy atom. The maximum atomic E-state index is 12.8. The number of ether oxygens (including phenoxy) is 2. The van der Waals surface area contributed by atoms with Gasteiger partial charge in [-0.15, -0.1) is 0 Å². The zero-order chi connectivity index (χ0) is 18.3. The Bertz CT molecular complexity index is 677. The number of hydrogen-bond acceptors (Lipinski definition) is 4. The van der Waals surface area contributed by atoms with Crippen LogP contribution in [0, 0.1) is 5.41 Å². The van der Waals surface area contributed by atoms with E-state index in [1.165, 1.54) is 4.90 Å². The van der Waals surface area contributed by atoms with E-state index in [0.29, 0.717) is 11.5 Å². The van der Waals surface area contributed by atoms with Gasteiger partial charge in [-0.1, -0.05) is 20.8 Å². The SMILES string of the molecule is COc1cc2c(cc1OC)C[C@@](C)(C(=O)O)N(C(=O)C(C)(C)C)C2. The summed E-state index contributed by atoms with van der Waals surface area (Å²) in [6, 6.07) is 3.62. The largest absolute Gasteiger partial charge is 0.493 e. The van der Waals surface area contributed by atoms with Gasteiger partial charge in [0.15, 0.2) is 11.5 Å². The highest BCUT2D eigenvalue weighted by Gasteiger charge is 2.48. The minimum absolute atomic E-state index is 0.187. The zero-order valence-corrected chi connectivity index (χ0v) is 15.1. The number of hydrogen-bond donors (Lipinski definition) is 1. The Balaban J connectivity index is 2.57. The maximum absolute atomic E-state index is 12.8. The Labute approximate surface area is 142 Å². The third-order valence-corrected chi connectivity index (χ3v) is 4.51. The van der Waals surface area contributed by atoms with Crippen molar-refractivity contribution in [3.8, 4) is 11.5 Å². The number of amides is 1. The van der Waals surface area contributed by atoms with Crippen LogP contribution in [0.5, 0.6) is 11.5 Å². The molecule has 0 spiro atoms. The molecule has 1 amide bonds. The average molecular weight is 335 g/mol. The Morgan fingerprint density at radius 3 is 2.04 bits per heavy atom. The van der Waals surface area contributed by atoms with Gasteiger partial charge in [0.2, 0.25) is 5.91 Å². The minimum Gasteiger partial charge on any atom is -0.493 e. The van der Waals surface area contributed by atoms with Gasteiger partial charge < -0.3 is 19.5 Å². The van der Waals surface area contributed by atoms with Gasteiger partial charge in [-0.2, -0.15) is 0 Å². The lowest BCUT2D eigenvalue weighted by Gasteiger charge is -2.45. The number of fused-ring (bicyclic) bond motifs is 1. The number of benzene rings is 1. The van der Waals surface area contributed by atoms with Crippen molar-refractivity contribution < 1.29 is 24.2 Å². The molecule has 1 aliphatic rings. The van der Waals surface area contributed by atoms with Gasteiger partial charge >= 0.3 is 5.97 Å². The molecule has 0 saturated carbocycles. The summed E-state index contributed by atoms with van der Waals surface area (Å²) in [4.78, 5) is 26.3. The first-order valence-electron chi connectivity index (χ1n) is 7.84. The van der Waals surface area contributed by atoms with E-state index in [-0.39, 0.29) is 18.9 Å². The van der Waals surface area contributed by atoms with E-state index < -0.39 is 16.9 Å². The monoisotopic (exact) mass is 335 g/mol. The van der Waals surface area contributed by atoms with E-state index >= 15 is 0 Å². The quantitative estimate of drug-likeness (QED) is 0.918. The normalized spacial score (nSPS) is 20.3. The van der Waals surface area contributed by atoms with Crippen LogP contribution < -0.4 is 9.47 Å². The molecule has 0 bridgehead atoms. The molecule has 1 aromatic carbocycles. The second-order valence-electron chi connectivity index (χ2n) is 7.37. The van der Waals surface area contributed by atoms with Crippen molar-refractivity contribution in [2.45, 2.75) is 46.2 Å². The van der Waals surface area contributed by atoms with Crippen LogP contribution in [0.3, 0.4) is 0 Å². The van der Waals surface area contributed by atoms with Crippen molar-refractivity contribution in [3.63, 3.8) is 0 Å². The van der Waals surface area contributed by atoms with Crippen LogP contribution in [-0.2, 0) is 22.6 Å². The molecule has 0 unspecified atom stereocenters. The molecule has 6 heteroatoms. The molecule has 1 N–H and O–H groups in total. The van der Waals surface area contributed by atoms with Crippen LogP contribution in [0.1, 0.15) is 38.8 Å².